The second-order valence-electron chi connectivity index (χ2n) is 12.3. The van der Waals surface area contributed by atoms with Gasteiger partial charge in [-0.2, -0.15) is 0 Å². The minimum absolute atomic E-state index is 0.169. The maximum absolute atomic E-state index is 13.5. The van der Waals surface area contributed by atoms with Crippen LogP contribution < -0.4 is 4.74 Å². The third-order valence-electron chi connectivity index (χ3n) is 7.90. The summed E-state index contributed by atoms with van der Waals surface area (Å²) < 4.78 is 11.1. The molecule has 2 aliphatic carbocycles. The van der Waals surface area contributed by atoms with E-state index in [0.717, 1.165) is 18.7 Å². The number of carbonyl (C=O) groups excluding carboxylic acids is 4. The predicted octanol–water partition coefficient (Wildman–Crippen LogP) is 3.76. The Hall–Kier alpha value is -2.38. The maximum Gasteiger partial charge on any atom is 0.144 e. The molecule has 1 aliphatic heterocycles. The van der Waals surface area contributed by atoms with Crippen LogP contribution in [0.2, 0.25) is 0 Å². The number of morpholine rings is 1. The van der Waals surface area contributed by atoms with Gasteiger partial charge in [0.15, 0.2) is 0 Å². The van der Waals surface area contributed by atoms with E-state index in [9.17, 15) is 19.2 Å². The second kappa shape index (κ2) is 10.2. The Labute approximate surface area is 213 Å². The zero-order valence-corrected chi connectivity index (χ0v) is 22.2. The van der Waals surface area contributed by atoms with Gasteiger partial charge in [-0.25, -0.2) is 0 Å². The summed E-state index contributed by atoms with van der Waals surface area (Å²) in [4.78, 5) is 56.1. The van der Waals surface area contributed by atoms with E-state index in [0.29, 0.717) is 31.1 Å². The Bertz CT molecular complexity index is 964. The Morgan fingerprint density at radius 3 is 1.78 bits per heavy atom. The van der Waals surface area contributed by atoms with Gasteiger partial charge in [0, 0.05) is 56.8 Å². The molecule has 0 bridgehead atoms. The van der Waals surface area contributed by atoms with Crippen molar-refractivity contribution in [2.45, 2.75) is 65.8 Å². The summed E-state index contributed by atoms with van der Waals surface area (Å²) in [6, 6.07) is 5.61. The third-order valence-corrected chi connectivity index (χ3v) is 7.90. The summed E-state index contributed by atoms with van der Waals surface area (Å²) in [6.45, 7) is 11.2. The van der Waals surface area contributed by atoms with Crippen LogP contribution in [0.25, 0.3) is 0 Å². The zero-order chi connectivity index (χ0) is 26.3. The quantitative estimate of drug-likeness (QED) is 0.553. The molecular formula is C29H39NO6. The van der Waals surface area contributed by atoms with Gasteiger partial charge in [-0.3, -0.25) is 24.1 Å². The topological polar surface area (TPSA) is 90.0 Å². The van der Waals surface area contributed by atoms with Gasteiger partial charge in [0.05, 0.1) is 32.2 Å². The Kier molecular flexibility index (Phi) is 7.54. The third kappa shape index (κ3) is 5.62. The Morgan fingerprint density at radius 2 is 1.33 bits per heavy atom. The van der Waals surface area contributed by atoms with E-state index in [4.69, 9.17) is 9.47 Å². The minimum Gasteiger partial charge on any atom is -0.496 e. The molecule has 0 N–H and O–H groups in total. The molecule has 1 saturated heterocycles. The summed E-state index contributed by atoms with van der Waals surface area (Å²) in [6.07, 6.45) is 1.04. The lowest BCUT2D eigenvalue weighted by molar-refractivity contribution is -0.145. The van der Waals surface area contributed by atoms with Gasteiger partial charge in [0.25, 0.3) is 0 Å². The number of ether oxygens (including phenoxy) is 2. The van der Waals surface area contributed by atoms with Gasteiger partial charge in [-0.15, -0.1) is 0 Å². The van der Waals surface area contributed by atoms with Crippen LogP contribution in [0.1, 0.15) is 70.4 Å². The van der Waals surface area contributed by atoms with E-state index in [1.807, 2.05) is 45.9 Å². The highest BCUT2D eigenvalue weighted by Gasteiger charge is 2.52. The number of methoxy groups -OCH3 is 1. The fourth-order valence-electron chi connectivity index (χ4n) is 6.32. The number of Topliss-reactive ketones (excluding diaryl/α,β-unsaturated/α-hetero) is 4. The van der Waals surface area contributed by atoms with Crippen molar-refractivity contribution in [2.75, 3.05) is 33.4 Å². The first-order valence-electron chi connectivity index (χ1n) is 13.0. The molecule has 0 aromatic heterocycles. The summed E-state index contributed by atoms with van der Waals surface area (Å²) in [5.74, 6) is -2.73. The van der Waals surface area contributed by atoms with Crippen LogP contribution in [0.3, 0.4) is 0 Å². The number of ketones is 4. The number of nitrogens with zero attached hydrogens (tertiary/aromatic N) is 1. The van der Waals surface area contributed by atoms with Crippen molar-refractivity contribution in [3.8, 4) is 5.75 Å². The molecule has 0 spiro atoms. The number of carbonyl (C=O) groups is 4. The molecule has 1 aromatic carbocycles. The summed E-state index contributed by atoms with van der Waals surface area (Å²) in [5, 5.41) is 0. The van der Waals surface area contributed by atoms with Crippen molar-refractivity contribution in [1.82, 2.24) is 4.90 Å². The van der Waals surface area contributed by atoms with Crippen LogP contribution in [-0.4, -0.2) is 61.4 Å². The number of rotatable bonds is 6. The molecule has 196 valence electrons. The lowest BCUT2D eigenvalue weighted by Gasteiger charge is -2.41. The van der Waals surface area contributed by atoms with Crippen molar-refractivity contribution in [2.24, 2.45) is 22.7 Å². The molecule has 7 nitrogen and oxygen atoms in total. The molecule has 3 aliphatic rings. The molecule has 3 fully saturated rings. The second-order valence-corrected chi connectivity index (χ2v) is 12.3. The van der Waals surface area contributed by atoms with Crippen molar-refractivity contribution >= 4 is 23.1 Å². The molecule has 0 unspecified atom stereocenters. The summed E-state index contributed by atoms with van der Waals surface area (Å²) in [5.41, 5.74) is 0.768. The van der Waals surface area contributed by atoms with E-state index < -0.39 is 28.6 Å². The monoisotopic (exact) mass is 497 g/mol. The maximum atomic E-state index is 13.5. The molecule has 0 amide bonds. The first-order chi connectivity index (χ1) is 16.9. The van der Waals surface area contributed by atoms with Crippen molar-refractivity contribution in [1.29, 1.82) is 0 Å². The average molecular weight is 498 g/mol. The van der Waals surface area contributed by atoms with E-state index in [1.54, 1.807) is 7.11 Å². The lowest BCUT2D eigenvalue weighted by atomic mass is 9.59. The van der Waals surface area contributed by atoms with E-state index >= 15 is 0 Å². The first kappa shape index (κ1) is 26.7. The lowest BCUT2D eigenvalue weighted by Crippen LogP contribution is -2.48. The first-order valence-corrected chi connectivity index (χ1v) is 13.0. The molecule has 1 aromatic rings. The van der Waals surface area contributed by atoms with E-state index in [2.05, 4.69) is 4.90 Å². The van der Waals surface area contributed by atoms with E-state index in [-0.39, 0.29) is 48.8 Å². The summed E-state index contributed by atoms with van der Waals surface area (Å²) >= 11 is 0. The van der Waals surface area contributed by atoms with Crippen LogP contribution in [0.5, 0.6) is 5.75 Å². The van der Waals surface area contributed by atoms with Crippen LogP contribution in [0.15, 0.2) is 18.2 Å². The largest absolute Gasteiger partial charge is 0.496 e. The molecular weight excluding hydrogens is 458 g/mol. The van der Waals surface area contributed by atoms with Crippen molar-refractivity contribution in [3.05, 3.63) is 29.3 Å². The molecule has 2 saturated carbocycles. The molecule has 36 heavy (non-hydrogen) atoms. The highest BCUT2D eigenvalue weighted by atomic mass is 16.5. The molecule has 1 heterocycles. The fraction of sp³-hybridized carbons (Fsp3) is 0.655. The van der Waals surface area contributed by atoms with Crippen LogP contribution in [0, 0.1) is 22.7 Å². The molecule has 0 radical (unpaired) electrons. The highest BCUT2D eigenvalue weighted by Crippen LogP contribution is 2.47. The molecule has 0 atom stereocenters. The van der Waals surface area contributed by atoms with Crippen LogP contribution in [0.4, 0.5) is 0 Å². The predicted molar refractivity (Wildman–Crippen MR) is 135 cm³/mol. The van der Waals surface area contributed by atoms with Gasteiger partial charge in [0.1, 0.15) is 28.9 Å². The standard InChI is InChI=1S/C29H39NO6/c1-28(2)13-20(31)26(21(32)14-28)25(27-22(33)15-29(3,4)16-23(27)34)18-6-7-24(35-5)19(12-18)17-30-8-10-36-11-9-30/h6-7,12,25-27H,8-11,13-17H2,1-5H3. The Morgan fingerprint density at radius 1 is 0.861 bits per heavy atom. The average Bonchev–Trinajstić information content (AvgIpc) is 2.76. The van der Waals surface area contributed by atoms with E-state index in [1.165, 1.54) is 0 Å². The minimum atomic E-state index is -0.984. The summed E-state index contributed by atoms with van der Waals surface area (Å²) in [7, 11) is 1.61. The number of hydrogen-bond acceptors (Lipinski definition) is 7. The number of hydrogen-bond donors (Lipinski definition) is 0. The van der Waals surface area contributed by atoms with Crippen molar-refractivity contribution < 1.29 is 28.7 Å². The normalized spacial score (nSPS) is 23.9. The SMILES string of the molecule is COc1ccc(C(C2C(=O)CC(C)(C)CC2=O)C2C(=O)CC(C)(C)CC2=O)cc1CN1CCOCC1. The molecule has 7 heteroatoms. The van der Waals surface area contributed by atoms with Gasteiger partial charge in [-0.05, 0) is 22.5 Å². The number of benzene rings is 1. The fourth-order valence-corrected chi connectivity index (χ4v) is 6.32. The zero-order valence-electron chi connectivity index (χ0n) is 22.2. The van der Waals surface area contributed by atoms with Crippen LogP contribution >= 0.6 is 0 Å². The van der Waals surface area contributed by atoms with Gasteiger partial charge in [0.2, 0.25) is 0 Å². The van der Waals surface area contributed by atoms with Gasteiger partial charge in [-0.1, -0.05) is 39.8 Å². The molecule has 4 rings (SSSR count). The van der Waals surface area contributed by atoms with Gasteiger partial charge < -0.3 is 9.47 Å². The Balaban J connectivity index is 1.78. The van der Waals surface area contributed by atoms with Crippen molar-refractivity contribution in [3.63, 3.8) is 0 Å². The smallest absolute Gasteiger partial charge is 0.144 e. The highest BCUT2D eigenvalue weighted by molar-refractivity contribution is 6.11. The van der Waals surface area contributed by atoms with Gasteiger partial charge >= 0.3 is 0 Å². The van der Waals surface area contributed by atoms with Crippen LogP contribution in [-0.2, 0) is 30.5 Å².